The van der Waals surface area contributed by atoms with Gasteiger partial charge in [0.2, 0.25) is 0 Å². The molecule has 0 aromatic carbocycles. The first kappa shape index (κ1) is 27.4. The second kappa shape index (κ2) is 9.91. The highest BCUT2D eigenvalue weighted by Crippen LogP contribution is 2.66. The molecule has 5 nitrogen and oxygen atoms in total. The standard InChI is InChI=1S/C31H48O5/c1-19(9-8-14-29(4,5)36-21(3)33)24-10-11-25-28-26(13-16-31(24,25)7)30(6)15-12-23(35-20(2)32)17-22(30)18-27(28)34/h18-19,23-26,28H,8-17H2,1-7H3/t19-,23+,24-,25+,26+,28+,30+,31-/m1/s1. The maximum absolute atomic E-state index is 13.7. The van der Waals surface area contributed by atoms with E-state index in [0.29, 0.717) is 29.5 Å². The maximum Gasteiger partial charge on any atom is 0.303 e. The molecule has 8 atom stereocenters. The predicted octanol–water partition coefficient (Wildman–Crippen LogP) is 6.82. The van der Waals surface area contributed by atoms with Crippen LogP contribution in [0.2, 0.25) is 0 Å². The molecule has 0 N–H and O–H groups in total. The summed E-state index contributed by atoms with van der Waals surface area (Å²) < 4.78 is 11.0. The Morgan fingerprint density at radius 3 is 2.44 bits per heavy atom. The molecule has 0 aromatic rings. The Morgan fingerprint density at radius 2 is 1.78 bits per heavy atom. The summed E-state index contributed by atoms with van der Waals surface area (Å²) in [6, 6.07) is 0. The van der Waals surface area contributed by atoms with Gasteiger partial charge in [-0.1, -0.05) is 32.8 Å². The van der Waals surface area contributed by atoms with Crippen molar-refractivity contribution in [1.82, 2.24) is 0 Å². The van der Waals surface area contributed by atoms with Crippen LogP contribution in [0.15, 0.2) is 11.6 Å². The van der Waals surface area contributed by atoms with E-state index in [0.717, 1.165) is 51.4 Å². The minimum atomic E-state index is -0.409. The molecule has 0 aromatic heterocycles. The lowest BCUT2D eigenvalue weighted by Gasteiger charge is -2.57. The van der Waals surface area contributed by atoms with Gasteiger partial charge in [-0.3, -0.25) is 14.4 Å². The van der Waals surface area contributed by atoms with Crippen molar-refractivity contribution in [3.63, 3.8) is 0 Å². The number of hydrogen-bond donors (Lipinski definition) is 0. The number of carbonyl (C=O) groups excluding carboxylic acids is 3. The van der Waals surface area contributed by atoms with Crippen molar-refractivity contribution < 1.29 is 23.9 Å². The number of carbonyl (C=O) groups is 3. The van der Waals surface area contributed by atoms with E-state index in [1.165, 1.54) is 32.3 Å². The van der Waals surface area contributed by atoms with E-state index < -0.39 is 5.60 Å². The molecular weight excluding hydrogens is 452 g/mol. The van der Waals surface area contributed by atoms with E-state index in [9.17, 15) is 14.4 Å². The smallest absolute Gasteiger partial charge is 0.303 e. The van der Waals surface area contributed by atoms with Gasteiger partial charge in [-0.05, 0) is 106 Å². The van der Waals surface area contributed by atoms with Gasteiger partial charge in [0.1, 0.15) is 11.7 Å². The predicted molar refractivity (Wildman–Crippen MR) is 140 cm³/mol. The number of rotatable bonds is 7. The third-order valence-electron chi connectivity index (χ3n) is 10.9. The third-order valence-corrected chi connectivity index (χ3v) is 10.9. The van der Waals surface area contributed by atoms with Crippen LogP contribution >= 0.6 is 0 Å². The van der Waals surface area contributed by atoms with Crippen LogP contribution in [0, 0.1) is 40.4 Å². The first-order valence-electron chi connectivity index (χ1n) is 14.4. The quantitative estimate of drug-likeness (QED) is 0.359. The van der Waals surface area contributed by atoms with Gasteiger partial charge in [-0.25, -0.2) is 0 Å². The van der Waals surface area contributed by atoms with Crippen molar-refractivity contribution in [1.29, 1.82) is 0 Å². The molecule has 4 aliphatic rings. The largest absolute Gasteiger partial charge is 0.462 e. The van der Waals surface area contributed by atoms with Crippen molar-refractivity contribution in [3.05, 3.63) is 11.6 Å². The first-order valence-corrected chi connectivity index (χ1v) is 14.4. The molecule has 36 heavy (non-hydrogen) atoms. The van der Waals surface area contributed by atoms with Crippen LogP contribution in [0.25, 0.3) is 0 Å². The summed E-state index contributed by atoms with van der Waals surface area (Å²) in [7, 11) is 0. The minimum absolute atomic E-state index is 0.0581. The summed E-state index contributed by atoms with van der Waals surface area (Å²) in [6.45, 7) is 14.2. The molecule has 4 aliphatic carbocycles. The van der Waals surface area contributed by atoms with Crippen molar-refractivity contribution >= 4 is 17.7 Å². The molecular formula is C31H48O5. The second-order valence-electron chi connectivity index (χ2n) is 13.7. The summed E-state index contributed by atoms with van der Waals surface area (Å²) in [4.78, 5) is 36.6. The van der Waals surface area contributed by atoms with E-state index in [1.54, 1.807) is 0 Å². The van der Waals surface area contributed by atoms with Crippen molar-refractivity contribution in [2.24, 2.45) is 40.4 Å². The van der Waals surface area contributed by atoms with Crippen LogP contribution in [0.5, 0.6) is 0 Å². The Labute approximate surface area is 218 Å². The fourth-order valence-corrected chi connectivity index (χ4v) is 9.17. The van der Waals surface area contributed by atoms with Crippen molar-refractivity contribution in [2.45, 2.75) is 124 Å². The number of ketones is 1. The van der Waals surface area contributed by atoms with Crippen LogP contribution < -0.4 is 0 Å². The summed E-state index contributed by atoms with van der Waals surface area (Å²) in [5, 5.41) is 0. The Morgan fingerprint density at radius 1 is 1.06 bits per heavy atom. The lowest BCUT2D eigenvalue weighted by Crippen LogP contribution is -2.53. The Hall–Kier alpha value is -1.65. The highest BCUT2D eigenvalue weighted by atomic mass is 16.6. The van der Waals surface area contributed by atoms with E-state index in [-0.39, 0.29) is 34.8 Å². The number of allylic oxidation sites excluding steroid dienone is 1. The highest BCUT2D eigenvalue weighted by molar-refractivity contribution is 5.94. The van der Waals surface area contributed by atoms with Gasteiger partial charge in [-0.2, -0.15) is 0 Å². The van der Waals surface area contributed by atoms with Gasteiger partial charge in [-0.15, -0.1) is 0 Å². The lowest BCUT2D eigenvalue weighted by atomic mass is 9.46. The molecule has 0 amide bonds. The monoisotopic (exact) mass is 500 g/mol. The first-order chi connectivity index (χ1) is 16.8. The molecule has 3 fully saturated rings. The van der Waals surface area contributed by atoms with Crippen LogP contribution in [-0.2, 0) is 23.9 Å². The van der Waals surface area contributed by atoms with Gasteiger partial charge < -0.3 is 9.47 Å². The summed E-state index contributed by atoms with van der Waals surface area (Å²) >= 11 is 0. The molecule has 0 saturated heterocycles. The van der Waals surface area contributed by atoms with Gasteiger partial charge >= 0.3 is 11.9 Å². The van der Waals surface area contributed by atoms with Gasteiger partial charge in [0.05, 0.1) is 0 Å². The summed E-state index contributed by atoms with van der Waals surface area (Å²) in [5.74, 6) is 2.17. The van der Waals surface area contributed by atoms with E-state index in [1.807, 2.05) is 19.9 Å². The molecule has 5 heteroatoms. The average molecular weight is 501 g/mol. The molecule has 0 unspecified atom stereocenters. The molecule has 0 heterocycles. The molecule has 3 saturated carbocycles. The van der Waals surface area contributed by atoms with Gasteiger partial charge in [0.15, 0.2) is 5.78 Å². The highest BCUT2D eigenvalue weighted by Gasteiger charge is 2.61. The Balaban J connectivity index is 1.45. The third kappa shape index (κ3) is 5.05. The van der Waals surface area contributed by atoms with E-state index >= 15 is 0 Å². The van der Waals surface area contributed by atoms with Gasteiger partial charge in [0, 0.05) is 26.2 Å². The zero-order chi connectivity index (χ0) is 26.5. The van der Waals surface area contributed by atoms with Crippen molar-refractivity contribution in [2.75, 3.05) is 0 Å². The van der Waals surface area contributed by atoms with Crippen LogP contribution in [0.4, 0.5) is 0 Å². The zero-order valence-electron chi connectivity index (χ0n) is 23.7. The summed E-state index contributed by atoms with van der Waals surface area (Å²) in [5.41, 5.74) is 1.10. The van der Waals surface area contributed by atoms with Crippen LogP contribution in [0.3, 0.4) is 0 Å². The van der Waals surface area contributed by atoms with E-state index in [4.69, 9.17) is 9.47 Å². The van der Waals surface area contributed by atoms with Gasteiger partial charge in [0.25, 0.3) is 0 Å². The Bertz CT molecular complexity index is 918. The number of ether oxygens (including phenoxy) is 2. The number of fused-ring (bicyclic) bond motifs is 5. The molecule has 4 rings (SSSR count). The minimum Gasteiger partial charge on any atom is -0.462 e. The van der Waals surface area contributed by atoms with Crippen LogP contribution in [-0.4, -0.2) is 29.4 Å². The van der Waals surface area contributed by atoms with Crippen molar-refractivity contribution in [3.8, 4) is 0 Å². The molecule has 0 spiro atoms. The van der Waals surface area contributed by atoms with E-state index in [2.05, 4.69) is 20.8 Å². The lowest BCUT2D eigenvalue weighted by molar-refractivity contribution is -0.154. The number of hydrogen-bond acceptors (Lipinski definition) is 5. The topological polar surface area (TPSA) is 69.7 Å². The average Bonchev–Trinajstić information content (AvgIpc) is 3.10. The Kier molecular flexibility index (Phi) is 7.54. The number of esters is 2. The second-order valence-corrected chi connectivity index (χ2v) is 13.7. The maximum atomic E-state index is 13.7. The molecule has 0 aliphatic heterocycles. The molecule has 0 bridgehead atoms. The van der Waals surface area contributed by atoms with Crippen LogP contribution in [0.1, 0.15) is 113 Å². The molecule has 0 radical (unpaired) electrons. The SMILES string of the molecule is CC(=O)O[C@H]1CC[C@@]2(C)C(=CC(=O)[C@H]3[C@@H]4CC[C@H]([C@H](C)CCCC(C)(C)OC(C)=O)[C@@]4(C)CC[C@@H]32)C1. The fraction of sp³-hybridized carbons (Fsp3) is 0.839. The normalized spacial score (nSPS) is 38.8. The summed E-state index contributed by atoms with van der Waals surface area (Å²) in [6.07, 6.45) is 12.3. The molecule has 202 valence electrons. The fourth-order valence-electron chi connectivity index (χ4n) is 9.17. The zero-order valence-corrected chi connectivity index (χ0v) is 23.7.